The molecule has 8 heteroatoms. The van der Waals surface area contributed by atoms with E-state index in [1.165, 1.54) is 11.8 Å². The van der Waals surface area contributed by atoms with Gasteiger partial charge in [0.2, 0.25) is 0 Å². The molecule has 0 saturated carbocycles. The number of nitrogens with zero attached hydrogens (tertiary/aromatic N) is 5. The summed E-state index contributed by atoms with van der Waals surface area (Å²) in [5.74, 6) is 2.14. The third-order valence-electron chi connectivity index (χ3n) is 4.81. The topological polar surface area (TPSA) is 74.3 Å². The minimum absolute atomic E-state index is 0.0713. The zero-order valence-corrected chi connectivity index (χ0v) is 18.2. The van der Waals surface area contributed by atoms with Crippen molar-refractivity contribution in [2.45, 2.75) is 37.7 Å². The number of benzene rings is 1. The van der Waals surface area contributed by atoms with Crippen molar-refractivity contribution < 1.29 is 4.74 Å². The van der Waals surface area contributed by atoms with E-state index in [2.05, 4.69) is 33.6 Å². The van der Waals surface area contributed by atoms with E-state index in [1.54, 1.807) is 17.6 Å². The molecule has 30 heavy (non-hydrogen) atoms. The van der Waals surface area contributed by atoms with Crippen molar-refractivity contribution in [2.24, 2.45) is 0 Å². The van der Waals surface area contributed by atoms with Gasteiger partial charge >= 0.3 is 0 Å². The molecule has 3 heterocycles. The Labute approximate surface area is 178 Å². The van der Waals surface area contributed by atoms with Crippen molar-refractivity contribution in [3.8, 4) is 17.1 Å². The number of methoxy groups -OCH3 is 1. The Kier molecular flexibility index (Phi) is 5.59. The third-order valence-corrected chi connectivity index (χ3v) is 5.79. The van der Waals surface area contributed by atoms with Gasteiger partial charge in [-0.25, -0.2) is 4.98 Å². The van der Waals surface area contributed by atoms with Crippen LogP contribution in [0.1, 0.15) is 31.3 Å². The Balaban J connectivity index is 1.63. The second-order valence-corrected chi connectivity index (χ2v) is 8.18. The van der Waals surface area contributed by atoms with Crippen molar-refractivity contribution >= 4 is 17.4 Å². The van der Waals surface area contributed by atoms with Crippen molar-refractivity contribution in [3.63, 3.8) is 0 Å². The molecule has 0 saturated heterocycles. The van der Waals surface area contributed by atoms with Crippen LogP contribution in [-0.2, 0) is 5.75 Å². The molecule has 154 valence electrons. The highest BCUT2D eigenvalue weighted by Gasteiger charge is 2.17. The number of thioether (sulfide) groups is 1. The summed E-state index contributed by atoms with van der Waals surface area (Å²) in [7, 11) is 1.65. The molecule has 0 spiro atoms. The van der Waals surface area contributed by atoms with Gasteiger partial charge in [-0.1, -0.05) is 17.8 Å². The molecular formula is C22H23N5O2S. The van der Waals surface area contributed by atoms with Gasteiger partial charge < -0.3 is 4.74 Å². The van der Waals surface area contributed by atoms with Crippen LogP contribution in [0.4, 0.5) is 0 Å². The van der Waals surface area contributed by atoms with Gasteiger partial charge in [-0.2, -0.15) is 0 Å². The van der Waals surface area contributed by atoms with E-state index in [9.17, 15) is 4.79 Å². The Morgan fingerprint density at radius 2 is 1.87 bits per heavy atom. The predicted octanol–water partition coefficient (Wildman–Crippen LogP) is 4.14. The molecule has 3 aromatic heterocycles. The first-order valence-electron chi connectivity index (χ1n) is 9.68. The van der Waals surface area contributed by atoms with Gasteiger partial charge in [0.25, 0.3) is 5.56 Å². The Morgan fingerprint density at radius 3 is 2.57 bits per heavy atom. The molecule has 7 nitrogen and oxygen atoms in total. The van der Waals surface area contributed by atoms with E-state index in [-0.39, 0.29) is 11.6 Å². The van der Waals surface area contributed by atoms with Crippen molar-refractivity contribution in [2.75, 3.05) is 7.11 Å². The van der Waals surface area contributed by atoms with Gasteiger partial charge in [0.05, 0.1) is 12.8 Å². The maximum absolute atomic E-state index is 12.5. The third kappa shape index (κ3) is 3.82. The van der Waals surface area contributed by atoms with E-state index in [4.69, 9.17) is 4.74 Å². The maximum Gasteiger partial charge on any atom is 0.258 e. The van der Waals surface area contributed by atoms with Crippen LogP contribution in [0.15, 0.2) is 58.5 Å². The second-order valence-electron chi connectivity index (χ2n) is 7.23. The SMILES string of the molecule is COc1ccc(-c2nnc(SCc3cc(=O)n4c(C)cccc4n3)n2C(C)C)cc1. The number of fused-ring (bicyclic) bond motifs is 1. The summed E-state index contributed by atoms with van der Waals surface area (Å²) in [6, 6.07) is 15.2. The van der Waals surface area contributed by atoms with E-state index < -0.39 is 0 Å². The van der Waals surface area contributed by atoms with Crippen molar-refractivity contribution in [1.29, 1.82) is 0 Å². The van der Waals surface area contributed by atoms with E-state index in [0.717, 1.165) is 33.7 Å². The highest BCUT2D eigenvalue weighted by Crippen LogP contribution is 2.30. The Morgan fingerprint density at radius 1 is 1.10 bits per heavy atom. The van der Waals surface area contributed by atoms with Crippen LogP contribution >= 0.6 is 11.8 Å². The standard InChI is InChI=1S/C22H23N5O2S/c1-14(2)26-21(16-8-10-18(29-4)11-9-16)24-25-22(26)30-13-17-12-20(28)27-15(3)6-5-7-19(27)23-17/h5-12,14H,13H2,1-4H3. The summed E-state index contributed by atoms with van der Waals surface area (Å²) in [6.07, 6.45) is 0. The normalized spacial score (nSPS) is 11.4. The van der Waals surface area contributed by atoms with Crippen LogP contribution in [0.25, 0.3) is 17.0 Å². The summed E-state index contributed by atoms with van der Waals surface area (Å²) in [6.45, 7) is 6.10. The molecule has 0 N–H and O–H groups in total. The predicted molar refractivity (Wildman–Crippen MR) is 118 cm³/mol. The lowest BCUT2D eigenvalue weighted by atomic mass is 10.2. The number of hydrogen-bond acceptors (Lipinski definition) is 6. The molecule has 0 amide bonds. The van der Waals surface area contributed by atoms with Crippen LogP contribution in [0.2, 0.25) is 0 Å². The second kappa shape index (κ2) is 8.31. The van der Waals surface area contributed by atoms with Crippen LogP contribution in [-0.4, -0.2) is 31.3 Å². The van der Waals surface area contributed by atoms with Gasteiger partial charge in [-0.3, -0.25) is 13.8 Å². The highest BCUT2D eigenvalue weighted by atomic mass is 32.2. The van der Waals surface area contributed by atoms with Crippen molar-refractivity contribution in [3.05, 3.63) is 70.3 Å². The van der Waals surface area contributed by atoms with Gasteiger partial charge in [0, 0.05) is 29.1 Å². The molecule has 0 aliphatic rings. The van der Waals surface area contributed by atoms with E-state index in [1.807, 2.05) is 49.4 Å². The minimum atomic E-state index is -0.0713. The molecule has 0 bridgehead atoms. The van der Waals surface area contributed by atoms with Gasteiger partial charge in [0.15, 0.2) is 11.0 Å². The van der Waals surface area contributed by atoms with E-state index in [0.29, 0.717) is 11.4 Å². The van der Waals surface area contributed by atoms with Crippen LogP contribution in [0.5, 0.6) is 5.75 Å². The lowest BCUT2D eigenvalue weighted by Gasteiger charge is -2.14. The number of aromatic nitrogens is 5. The average Bonchev–Trinajstić information content (AvgIpc) is 3.16. The number of rotatable bonds is 6. The minimum Gasteiger partial charge on any atom is -0.497 e. The summed E-state index contributed by atoms with van der Waals surface area (Å²) >= 11 is 1.53. The monoisotopic (exact) mass is 421 g/mol. The maximum atomic E-state index is 12.5. The number of aryl methyl sites for hydroxylation is 1. The summed E-state index contributed by atoms with van der Waals surface area (Å²) < 4.78 is 8.96. The molecule has 0 radical (unpaired) electrons. The van der Waals surface area contributed by atoms with Gasteiger partial charge in [-0.05, 0) is 57.2 Å². The zero-order chi connectivity index (χ0) is 21.3. The van der Waals surface area contributed by atoms with Gasteiger partial charge in [-0.15, -0.1) is 10.2 Å². The molecule has 1 aromatic carbocycles. The molecule has 0 aliphatic carbocycles. The molecule has 0 unspecified atom stereocenters. The first-order valence-corrected chi connectivity index (χ1v) is 10.7. The molecule has 4 rings (SSSR count). The number of pyridine rings is 1. The molecular weight excluding hydrogens is 398 g/mol. The van der Waals surface area contributed by atoms with Crippen LogP contribution in [0.3, 0.4) is 0 Å². The fourth-order valence-electron chi connectivity index (χ4n) is 3.35. The number of ether oxygens (including phenoxy) is 1. The molecule has 0 aliphatic heterocycles. The lowest BCUT2D eigenvalue weighted by Crippen LogP contribution is -2.17. The average molecular weight is 422 g/mol. The highest BCUT2D eigenvalue weighted by molar-refractivity contribution is 7.98. The smallest absolute Gasteiger partial charge is 0.258 e. The quantitative estimate of drug-likeness (QED) is 0.436. The fraction of sp³-hybridized carbons (Fsp3) is 0.273. The lowest BCUT2D eigenvalue weighted by molar-refractivity contribution is 0.415. The molecule has 0 atom stereocenters. The van der Waals surface area contributed by atoms with Crippen LogP contribution < -0.4 is 10.3 Å². The Bertz CT molecular complexity index is 1240. The Hall–Kier alpha value is -3.13. The van der Waals surface area contributed by atoms with E-state index >= 15 is 0 Å². The number of hydrogen-bond donors (Lipinski definition) is 0. The largest absolute Gasteiger partial charge is 0.497 e. The molecule has 0 fully saturated rings. The summed E-state index contributed by atoms with van der Waals surface area (Å²) in [5.41, 5.74) is 3.15. The summed E-state index contributed by atoms with van der Waals surface area (Å²) in [5, 5.41) is 9.62. The van der Waals surface area contributed by atoms with Crippen LogP contribution in [0, 0.1) is 6.92 Å². The zero-order valence-electron chi connectivity index (χ0n) is 17.4. The fourth-order valence-corrected chi connectivity index (χ4v) is 4.31. The first kappa shape index (κ1) is 20.2. The van der Waals surface area contributed by atoms with Crippen molar-refractivity contribution in [1.82, 2.24) is 24.1 Å². The van der Waals surface area contributed by atoms with Gasteiger partial charge in [0.1, 0.15) is 11.4 Å². The first-order chi connectivity index (χ1) is 14.5. The summed E-state index contributed by atoms with van der Waals surface area (Å²) in [4.78, 5) is 17.2. The molecule has 4 aromatic rings.